The fraction of sp³-hybridized carbons (Fsp3) is 0.529. The molecule has 2 N–H and O–H groups in total. The molecular formula is C17H26ClNO2. The number of nitrogens with two attached hydrogens (primary N) is 1. The van der Waals surface area contributed by atoms with Crippen molar-refractivity contribution in [2.45, 2.75) is 45.1 Å². The maximum Gasteiger partial charge on any atom is 0.179 e. The Hall–Kier alpha value is -1.19. The van der Waals surface area contributed by atoms with Crippen molar-refractivity contribution in [1.82, 2.24) is 0 Å². The van der Waals surface area contributed by atoms with Crippen LogP contribution in [0, 0.1) is 0 Å². The molecule has 1 unspecified atom stereocenters. The van der Waals surface area contributed by atoms with Crippen LogP contribution in [0.3, 0.4) is 0 Å². The Balaban J connectivity index is 2.62. The zero-order valence-corrected chi connectivity index (χ0v) is 13.8. The molecule has 0 heterocycles. The molecule has 1 rings (SSSR count). The molecule has 1 aromatic carbocycles. The summed E-state index contributed by atoms with van der Waals surface area (Å²) in [7, 11) is 1.62. The molecule has 0 amide bonds. The van der Waals surface area contributed by atoms with Crippen LogP contribution in [0.5, 0.6) is 11.5 Å². The zero-order valence-electron chi connectivity index (χ0n) is 13.0. The molecule has 0 aliphatic carbocycles. The predicted molar refractivity (Wildman–Crippen MR) is 89.5 cm³/mol. The smallest absolute Gasteiger partial charge is 0.179 e. The van der Waals surface area contributed by atoms with Gasteiger partial charge in [-0.25, -0.2) is 0 Å². The first-order valence-corrected chi connectivity index (χ1v) is 7.82. The Bertz CT molecular complexity index is 447. The number of ether oxygens (including phenoxy) is 2. The maximum atomic E-state index is 6.30. The second-order valence-corrected chi connectivity index (χ2v) is 5.68. The van der Waals surface area contributed by atoms with E-state index in [-0.39, 0.29) is 6.04 Å². The van der Waals surface area contributed by atoms with Crippen molar-refractivity contribution in [2.75, 3.05) is 13.7 Å². The highest BCUT2D eigenvalue weighted by atomic mass is 35.5. The van der Waals surface area contributed by atoms with Crippen molar-refractivity contribution in [1.29, 1.82) is 0 Å². The number of allylic oxidation sites excluding steroid dienone is 1. The molecule has 0 saturated carbocycles. The Labute approximate surface area is 133 Å². The monoisotopic (exact) mass is 311 g/mol. The highest BCUT2D eigenvalue weighted by molar-refractivity contribution is 6.32. The summed E-state index contributed by atoms with van der Waals surface area (Å²) >= 11 is 6.30. The van der Waals surface area contributed by atoms with Crippen LogP contribution in [-0.4, -0.2) is 19.8 Å². The van der Waals surface area contributed by atoms with Crippen LogP contribution in [0.15, 0.2) is 24.8 Å². The van der Waals surface area contributed by atoms with Gasteiger partial charge in [-0.2, -0.15) is 0 Å². The summed E-state index contributed by atoms with van der Waals surface area (Å²) in [5, 5.41) is 0.580. The highest BCUT2D eigenvalue weighted by Gasteiger charge is 2.12. The minimum Gasteiger partial charge on any atom is -0.493 e. The second kappa shape index (κ2) is 9.69. The van der Waals surface area contributed by atoms with Gasteiger partial charge in [-0.1, -0.05) is 17.7 Å². The third kappa shape index (κ3) is 6.40. The van der Waals surface area contributed by atoms with Gasteiger partial charge in [-0.15, -0.1) is 6.58 Å². The van der Waals surface area contributed by atoms with Crippen molar-refractivity contribution in [3.05, 3.63) is 35.4 Å². The van der Waals surface area contributed by atoms with E-state index in [1.165, 1.54) is 0 Å². The van der Waals surface area contributed by atoms with Gasteiger partial charge in [0.1, 0.15) is 0 Å². The molecule has 0 aliphatic heterocycles. The summed E-state index contributed by atoms with van der Waals surface area (Å²) in [5.74, 6) is 1.29. The number of rotatable bonds is 10. The second-order valence-electron chi connectivity index (χ2n) is 5.28. The number of methoxy groups -OCH3 is 1. The van der Waals surface area contributed by atoms with Gasteiger partial charge < -0.3 is 15.2 Å². The molecule has 0 saturated heterocycles. The topological polar surface area (TPSA) is 44.5 Å². The Kier molecular flexibility index (Phi) is 8.24. The van der Waals surface area contributed by atoms with E-state index in [9.17, 15) is 0 Å². The van der Waals surface area contributed by atoms with Gasteiger partial charge in [0.25, 0.3) is 0 Å². The minimum absolute atomic E-state index is 0.0856. The van der Waals surface area contributed by atoms with Crippen LogP contribution >= 0.6 is 11.6 Å². The number of unbranched alkanes of at least 4 members (excludes halogenated alkanes) is 3. The van der Waals surface area contributed by atoms with E-state index in [4.69, 9.17) is 26.8 Å². The van der Waals surface area contributed by atoms with E-state index in [2.05, 4.69) is 6.58 Å². The van der Waals surface area contributed by atoms with Crippen molar-refractivity contribution in [2.24, 2.45) is 5.73 Å². The molecule has 0 fully saturated rings. The van der Waals surface area contributed by atoms with Crippen LogP contribution in [0.4, 0.5) is 0 Å². The number of halogens is 1. The fourth-order valence-corrected chi connectivity index (χ4v) is 2.43. The summed E-state index contributed by atoms with van der Waals surface area (Å²) in [6.07, 6.45) is 7.01. The normalized spacial score (nSPS) is 12.0. The average molecular weight is 312 g/mol. The fourth-order valence-electron chi connectivity index (χ4n) is 2.14. The Morgan fingerprint density at radius 3 is 2.71 bits per heavy atom. The van der Waals surface area contributed by atoms with Crippen LogP contribution in [0.1, 0.15) is 38.2 Å². The predicted octanol–water partition coefficient (Wildman–Crippen LogP) is 4.36. The summed E-state index contributed by atoms with van der Waals surface area (Å²) in [5.41, 5.74) is 6.88. The van der Waals surface area contributed by atoms with Crippen molar-refractivity contribution in [3.8, 4) is 11.5 Å². The lowest BCUT2D eigenvalue weighted by Crippen LogP contribution is -2.17. The lowest BCUT2D eigenvalue weighted by atomic mass is 10.1. The average Bonchev–Trinajstić information content (AvgIpc) is 2.43. The molecule has 1 aromatic rings. The van der Waals surface area contributed by atoms with E-state index < -0.39 is 0 Å². The van der Waals surface area contributed by atoms with E-state index in [0.717, 1.165) is 37.7 Å². The molecule has 3 nitrogen and oxygen atoms in total. The van der Waals surface area contributed by atoms with E-state index in [0.29, 0.717) is 23.1 Å². The lowest BCUT2D eigenvalue weighted by Gasteiger charge is -2.15. The first-order valence-electron chi connectivity index (χ1n) is 7.44. The van der Waals surface area contributed by atoms with E-state index >= 15 is 0 Å². The van der Waals surface area contributed by atoms with Crippen LogP contribution in [-0.2, 0) is 6.42 Å². The summed E-state index contributed by atoms with van der Waals surface area (Å²) < 4.78 is 11.2. The molecule has 0 aromatic heterocycles. The quantitative estimate of drug-likeness (QED) is 0.515. The van der Waals surface area contributed by atoms with Gasteiger partial charge in [0.15, 0.2) is 11.5 Å². The van der Waals surface area contributed by atoms with Crippen molar-refractivity contribution < 1.29 is 9.47 Å². The summed E-state index contributed by atoms with van der Waals surface area (Å²) in [6.45, 7) is 6.32. The number of hydrogen-bond acceptors (Lipinski definition) is 3. The molecule has 0 radical (unpaired) electrons. The standard InChI is InChI=1S/C17H26ClNO2/c1-4-5-6-7-8-9-21-17-15(18)11-14(10-13(2)19)12-16(17)20-3/h4,11-13H,1,5-10,19H2,2-3H3. The molecular weight excluding hydrogens is 286 g/mol. The van der Waals surface area contributed by atoms with Gasteiger partial charge in [-0.05, 0) is 56.7 Å². The van der Waals surface area contributed by atoms with Crippen LogP contribution in [0.2, 0.25) is 5.02 Å². The number of hydrogen-bond donors (Lipinski definition) is 1. The molecule has 1 atom stereocenters. The van der Waals surface area contributed by atoms with Gasteiger partial charge in [0.05, 0.1) is 18.7 Å². The molecule has 0 bridgehead atoms. The maximum absolute atomic E-state index is 6.30. The summed E-state index contributed by atoms with van der Waals surface area (Å²) in [6, 6.07) is 3.94. The van der Waals surface area contributed by atoms with E-state index in [1.807, 2.05) is 25.1 Å². The molecule has 21 heavy (non-hydrogen) atoms. The third-order valence-corrected chi connectivity index (χ3v) is 3.43. The van der Waals surface area contributed by atoms with Crippen LogP contribution in [0.25, 0.3) is 0 Å². The largest absolute Gasteiger partial charge is 0.493 e. The third-order valence-electron chi connectivity index (χ3n) is 3.15. The SMILES string of the molecule is C=CCCCCCOc1c(Cl)cc(CC(C)N)cc1OC. The molecule has 118 valence electrons. The zero-order chi connectivity index (χ0) is 15.7. The van der Waals surface area contributed by atoms with Gasteiger partial charge in [-0.3, -0.25) is 0 Å². The van der Waals surface area contributed by atoms with Gasteiger partial charge in [0.2, 0.25) is 0 Å². The Morgan fingerprint density at radius 1 is 1.33 bits per heavy atom. The van der Waals surface area contributed by atoms with Crippen molar-refractivity contribution >= 4 is 11.6 Å². The van der Waals surface area contributed by atoms with Gasteiger partial charge in [0, 0.05) is 6.04 Å². The minimum atomic E-state index is 0.0856. The lowest BCUT2D eigenvalue weighted by molar-refractivity contribution is 0.285. The summed E-state index contributed by atoms with van der Waals surface area (Å²) in [4.78, 5) is 0. The number of benzene rings is 1. The van der Waals surface area contributed by atoms with E-state index in [1.54, 1.807) is 7.11 Å². The molecule has 0 aliphatic rings. The highest BCUT2D eigenvalue weighted by Crippen LogP contribution is 2.36. The molecule has 0 spiro atoms. The van der Waals surface area contributed by atoms with Gasteiger partial charge >= 0.3 is 0 Å². The first-order chi connectivity index (χ1) is 10.1. The van der Waals surface area contributed by atoms with Crippen molar-refractivity contribution in [3.63, 3.8) is 0 Å². The first kappa shape index (κ1) is 17.9. The molecule has 4 heteroatoms. The Morgan fingerprint density at radius 2 is 2.10 bits per heavy atom. The van der Waals surface area contributed by atoms with Crippen LogP contribution < -0.4 is 15.2 Å².